The third-order valence-corrected chi connectivity index (χ3v) is 8.20. The molecule has 0 spiro atoms. The molecule has 0 unspecified atom stereocenters. The van der Waals surface area contributed by atoms with E-state index in [1.165, 1.54) is 12.3 Å². The van der Waals surface area contributed by atoms with Gasteiger partial charge in [-0.1, -0.05) is 11.6 Å². The van der Waals surface area contributed by atoms with Crippen molar-refractivity contribution < 1.29 is 30.8 Å². The van der Waals surface area contributed by atoms with Crippen LogP contribution in [-0.2, 0) is 27.5 Å². The number of aromatic nitrogens is 3. The lowest BCUT2D eigenvalue weighted by Crippen LogP contribution is -2.48. The molecule has 1 amide bonds. The highest BCUT2D eigenvalue weighted by Gasteiger charge is 2.43. The number of carbonyl (C=O) groups is 1. The molecule has 3 heterocycles. The van der Waals surface area contributed by atoms with Crippen LogP contribution in [0.15, 0.2) is 53.8 Å². The Balaban J connectivity index is 1.50. The number of rotatable bonds is 6. The molecular formula is C23H20ClF4N5O3S. The number of alkyl halides is 3. The summed E-state index contributed by atoms with van der Waals surface area (Å²) in [6, 6.07) is 4.40. The Morgan fingerprint density at radius 1 is 1.11 bits per heavy atom. The maximum absolute atomic E-state index is 13.3. The summed E-state index contributed by atoms with van der Waals surface area (Å²) >= 11 is 6.16. The lowest BCUT2D eigenvalue weighted by atomic mass is 10.1. The first-order chi connectivity index (χ1) is 17.4. The van der Waals surface area contributed by atoms with Gasteiger partial charge >= 0.3 is 6.18 Å². The fraction of sp³-hybridized carbons (Fsp3) is 0.304. The van der Waals surface area contributed by atoms with Gasteiger partial charge in [-0.05, 0) is 50.1 Å². The molecule has 14 heteroatoms. The summed E-state index contributed by atoms with van der Waals surface area (Å²) in [6.45, 7) is 1.59. The Kier molecular flexibility index (Phi) is 7.49. The summed E-state index contributed by atoms with van der Waals surface area (Å²) in [4.78, 5) is 23.7. The lowest BCUT2D eigenvalue weighted by Gasteiger charge is -2.27. The topological polar surface area (TPSA) is 105 Å². The van der Waals surface area contributed by atoms with Gasteiger partial charge < -0.3 is 5.32 Å². The minimum atomic E-state index is -4.69. The molecule has 0 radical (unpaired) electrons. The molecular weight excluding hydrogens is 538 g/mol. The number of pyridine rings is 1. The van der Waals surface area contributed by atoms with E-state index >= 15 is 0 Å². The van der Waals surface area contributed by atoms with Crippen molar-refractivity contribution in [1.29, 1.82) is 0 Å². The van der Waals surface area contributed by atoms with E-state index < -0.39 is 45.8 Å². The molecule has 4 rings (SSSR count). The Morgan fingerprint density at radius 3 is 2.38 bits per heavy atom. The van der Waals surface area contributed by atoms with Gasteiger partial charge in [-0.3, -0.25) is 9.78 Å². The highest BCUT2D eigenvalue weighted by atomic mass is 35.5. The summed E-state index contributed by atoms with van der Waals surface area (Å²) < 4.78 is 79.0. The van der Waals surface area contributed by atoms with Gasteiger partial charge in [0.25, 0.3) is 0 Å². The van der Waals surface area contributed by atoms with Gasteiger partial charge in [0.15, 0.2) is 0 Å². The van der Waals surface area contributed by atoms with Gasteiger partial charge in [0.1, 0.15) is 11.9 Å². The Hall–Kier alpha value is -3.16. The predicted octanol–water partition coefficient (Wildman–Crippen LogP) is 4.21. The third kappa shape index (κ3) is 5.73. The number of halogens is 5. The molecule has 0 bridgehead atoms. The van der Waals surface area contributed by atoms with Gasteiger partial charge in [-0.15, -0.1) is 0 Å². The molecule has 1 saturated heterocycles. The zero-order valence-corrected chi connectivity index (χ0v) is 20.8. The molecule has 2 aromatic heterocycles. The number of benzene rings is 1. The van der Waals surface area contributed by atoms with Gasteiger partial charge in [0.05, 0.1) is 22.2 Å². The first-order valence-corrected chi connectivity index (χ1v) is 12.8. The first kappa shape index (κ1) is 26.9. The van der Waals surface area contributed by atoms with Crippen molar-refractivity contribution in [2.45, 2.75) is 49.5 Å². The number of nitrogens with zero attached hydrogens (tertiary/aromatic N) is 4. The molecule has 37 heavy (non-hydrogen) atoms. The summed E-state index contributed by atoms with van der Waals surface area (Å²) in [6.07, 6.45) is -0.703. The van der Waals surface area contributed by atoms with E-state index in [4.69, 9.17) is 11.6 Å². The number of hydrogen-bond acceptors (Lipinski definition) is 6. The van der Waals surface area contributed by atoms with Crippen molar-refractivity contribution >= 4 is 27.5 Å². The number of sulfonamides is 1. The molecule has 1 aliphatic heterocycles. The Morgan fingerprint density at radius 2 is 1.76 bits per heavy atom. The fourth-order valence-electron chi connectivity index (χ4n) is 4.05. The number of nitrogens with one attached hydrogen (secondary N) is 1. The summed E-state index contributed by atoms with van der Waals surface area (Å²) in [5.74, 6) is -2.42. The fourth-order valence-corrected chi connectivity index (χ4v) is 6.10. The molecule has 196 valence electrons. The Labute approximate surface area is 214 Å². The van der Waals surface area contributed by atoms with E-state index in [-0.39, 0.29) is 28.4 Å². The summed E-state index contributed by atoms with van der Waals surface area (Å²) in [7, 11) is -4.07. The van der Waals surface area contributed by atoms with Crippen molar-refractivity contribution in [2.24, 2.45) is 0 Å². The smallest absolute Gasteiger partial charge is 0.349 e. The third-order valence-electron chi connectivity index (χ3n) is 5.86. The van der Waals surface area contributed by atoms with E-state index in [2.05, 4.69) is 20.3 Å². The minimum absolute atomic E-state index is 0.0974. The quantitative estimate of drug-likeness (QED) is 0.455. The van der Waals surface area contributed by atoms with Crippen LogP contribution in [0.25, 0.3) is 11.1 Å². The van der Waals surface area contributed by atoms with Gasteiger partial charge in [-0.2, -0.15) is 17.5 Å². The molecule has 1 N–H and O–H groups in total. The summed E-state index contributed by atoms with van der Waals surface area (Å²) in [5.41, 5.74) is 0.852. The molecule has 8 nitrogen and oxygen atoms in total. The standard InChI is InChI=1S/C23H20ClF4N5O3S/c1-13-2-7-20(33(13)37(35,36)17-5-3-15(25)4-6-17)21(34)30-11-16-8-18(19(24)12-29-16)14-9-31-22(32-10-14)23(26,27)28/h3-6,8-10,12-13,20H,2,7,11H2,1H3,(H,30,34)/t13-,20-/m0/s1. The molecule has 1 fully saturated rings. The number of carbonyl (C=O) groups excluding carboxylic acids is 1. The van der Waals surface area contributed by atoms with Crippen LogP contribution in [-0.4, -0.2) is 45.7 Å². The van der Waals surface area contributed by atoms with Crippen LogP contribution >= 0.6 is 11.6 Å². The van der Waals surface area contributed by atoms with E-state index in [0.717, 1.165) is 41.0 Å². The van der Waals surface area contributed by atoms with E-state index in [1.807, 2.05) is 0 Å². The predicted molar refractivity (Wildman–Crippen MR) is 125 cm³/mol. The molecule has 1 aliphatic rings. The monoisotopic (exact) mass is 557 g/mol. The van der Waals surface area contributed by atoms with Crippen molar-refractivity contribution in [1.82, 2.24) is 24.6 Å². The molecule has 0 aliphatic carbocycles. The van der Waals surface area contributed by atoms with Crippen LogP contribution in [0, 0.1) is 5.82 Å². The second-order valence-electron chi connectivity index (χ2n) is 8.40. The van der Waals surface area contributed by atoms with Gasteiger partial charge in [0, 0.05) is 35.8 Å². The largest absolute Gasteiger partial charge is 0.451 e. The second-order valence-corrected chi connectivity index (χ2v) is 10.6. The van der Waals surface area contributed by atoms with Crippen molar-refractivity contribution in [3.8, 4) is 11.1 Å². The van der Waals surface area contributed by atoms with Crippen LogP contribution in [0.4, 0.5) is 17.6 Å². The van der Waals surface area contributed by atoms with Crippen LogP contribution in [0.5, 0.6) is 0 Å². The van der Waals surface area contributed by atoms with Crippen molar-refractivity contribution in [2.75, 3.05) is 0 Å². The minimum Gasteiger partial charge on any atom is -0.349 e. The zero-order chi connectivity index (χ0) is 27.0. The maximum Gasteiger partial charge on any atom is 0.451 e. The highest BCUT2D eigenvalue weighted by molar-refractivity contribution is 7.89. The lowest BCUT2D eigenvalue weighted by molar-refractivity contribution is -0.145. The average molecular weight is 558 g/mol. The van der Waals surface area contributed by atoms with Crippen LogP contribution < -0.4 is 5.32 Å². The van der Waals surface area contributed by atoms with Crippen molar-refractivity contribution in [3.05, 3.63) is 71.3 Å². The highest BCUT2D eigenvalue weighted by Crippen LogP contribution is 2.32. The van der Waals surface area contributed by atoms with Crippen LogP contribution in [0.3, 0.4) is 0 Å². The molecule has 2 atom stereocenters. The van der Waals surface area contributed by atoms with Crippen molar-refractivity contribution in [3.63, 3.8) is 0 Å². The number of hydrogen-bond donors (Lipinski definition) is 1. The molecule has 0 saturated carbocycles. The molecule has 3 aromatic rings. The van der Waals surface area contributed by atoms with Gasteiger partial charge in [-0.25, -0.2) is 22.8 Å². The maximum atomic E-state index is 13.3. The average Bonchev–Trinajstić information content (AvgIpc) is 3.25. The van der Waals surface area contributed by atoms with Crippen LogP contribution in [0.2, 0.25) is 5.02 Å². The van der Waals surface area contributed by atoms with Crippen LogP contribution in [0.1, 0.15) is 31.3 Å². The van der Waals surface area contributed by atoms with Gasteiger partial charge in [0.2, 0.25) is 21.8 Å². The second kappa shape index (κ2) is 10.3. The first-order valence-electron chi connectivity index (χ1n) is 11.0. The van der Waals surface area contributed by atoms with E-state index in [1.54, 1.807) is 6.92 Å². The summed E-state index contributed by atoms with van der Waals surface area (Å²) in [5, 5.41) is 2.80. The normalized spacial score (nSPS) is 18.6. The van der Waals surface area contributed by atoms with E-state index in [9.17, 15) is 30.8 Å². The van der Waals surface area contributed by atoms with E-state index in [0.29, 0.717) is 17.7 Å². The zero-order valence-electron chi connectivity index (χ0n) is 19.2. The Bertz CT molecular complexity index is 1400. The SMILES string of the molecule is C[C@H]1CC[C@@H](C(=O)NCc2cc(-c3cnc(C(F)(F)F)nc3)c(Cl)cn2)N1S(=O)(=O)c1ccc(F)cc1. The number of amides is 1. The molecule has 1 aromatic carbocycles.